The number of hydrogen-bond acceptors (Lipinski definition) is 4. The van der Waals surface area contributed by atoms with Crippen molar-refractivity contribution in [2.75, 3.05) is 11.9 Å². The van der Waals surface area contributed by atoms with Gasteiger partial charge >= 0.3 is 5.97 Å². The SMILES string of the molecule is O=C(O)c1ccc(NC(CNS(=O)(=O)c2ccc(Cl)cc2)c2ccccc2)cc1. The summed E-state index contributed by atoms with van der Waals surface area (Å²) in [6.07, 6.45) is 0. The second-order valence-electron chi connectivity index (χ2n) is 6.30. The summed E-state index contributed by atoms with van der Waals surface area (Å²) in [5, 5.41) is 12.7. The predicted molar refractivity (Wildman–Crippen MR) is 113 cm³/mol. The van der Waals surface area contributed by atoms with Gasteiger partial charge in [0.15, 0.2) is 0 Å². The molecule has 3 rings (SSSR count). The maximum Gasteiger partial charge on any atom is 0.335 e. The molecule has 6 nitrogen and oxygen atoms in total. The normalized spacial score (nSPS) is 12.3. The lowest BCUT2D eigenvalue weighted by Crippen LogP contribution is -2.31. The van der Waals surface area contributed by atoms with E-state index in [-0.39, 0.29) is 23.0 Å². The Morgan fingerprint density at radius 1 is 0.931 bits per heavy atom. The Morgan fingerprint density at radius 3 is 2.14 bits per heavy atom. The molecule has 29 heavy (non-hydrogen) atoms. The van der Waals surface area contributed by atoms with Crippen LogP contribution in [0.3, 0.4) is 0 Å². The minimum Gasteiger partial charge on any atom is -0.478 e. The maximum atomic E-state index is 12.6. The monoisotopic (exact) mass is 430 g/mol. The lowest BCUT2D eigenvalue weighted by molar-refractivity contribution is 0.0697. The molecule has 0 spiro atoms. The number of carbonyl (C=O) groups is 1. The molecule has 150 valence electrons. The van der Waals surface area contributed by atoms with Gasteiger partial charge in [-0.3, -0.25) is 0 Å². The molecule has 0 aliphatic rings. The smallest absolute Gasteiger partial charge is 0.335 e. The summed E-state index contributed by atoms with van der Waals surface area (Å²) in [6.45, 7) is 0.0929. The topological polar surface area (TPSA) is 95.5 Å². The van der Waals surface area contributed by atoms with Crippen LogP contribution >= 0.6 is 11.6 Å². The number of rotatable bonds is 8. The van der Waals surface area contributed by atoms with Crippen LogP contribution in [-0.2, 0) is 10.0 Å². The van der Waals surface area contributed by atoms with Crippen LogP contribution in [0.2, 0.25) is 5.02 Å². The summed E-state index contributed by atoms with van der Waals surface area (Å²) < 4.78 is 27.8. The van der Waals surface area contributed by atoms with E-state index in [4.69, 9.17) is 16.7 Å². The molecule has 3 aromatic carbocycles. The Hall–Kier alpha value is -2.87. The highest BCUT2D eigenvalue weighted by Gasteiger charge is 2.18. The van der Waals surface area contributed by atoms with Crippen molar-refractivity contribution in [3.05, 3.63) is 95.0 Å². The first-order chi connectivity index (χ1) is 13.8. The van der Waals surface area contributed by atoms with Gasteiger partial charge < -0.3 is 10.4 Å². The average Bonchev–Trinajstić information content (AvgIpc) is 2.72. The molecule has 0 fully saturated rings. The van der Waals surface area contributed by atoms with Crippen molar-refractivity contribution >= 4 is 33.3 Å². The van der Waals surface area contributed by atoms with E-state index < -0.39 is 16.0 Å². The Balaban J connectivity index is 1.79. The van der Waals surface area contributed by atoms with Crippen molar-refractivity contribution in [1.82, 2.24) is 4.72 Å². The molecule has 0 aromatic heterocycles. The van der Waals surface area contributed by atoms with Gasteiger partial charge in [0.1, 0.15) is 0 Å². The second kappa shape index (κ2) is 9.09. The fourth-order valence-electron chi connectivity index (χ4n) is 2.74. The van der Waals surface area contributed by atoms with Crippen molar-refractivity contribution in [3.8, 4) is 0 Å². The van der Waals surface area contributed by atoms with Gasteiger partial charge in [0, 0.05) is 17.3 Å². The molecule has 3 N–H and O–H groups in total. The molecule has 0 amide bonds. The summed E-state index contributed by atoms with van der Waals surface area (Å²) in [6, 6.07) is 21.2. The zero-order valence-electron chi connectivity index (χ0n) is 15.2. The Kier molecular flexibility index (Phi) is 6.53. The lowest BCUT2D eigenvalue weighted by Gasteiger charge is -2.21. The number of benzene rings is 3. The Morgan fingerprint density at radius 2 is 1.55 bits per heavy atom. The Bertz CT molecular complexity index is 1070. The van der Waals surface area contributed by atoms with E-state index in [2.05, 4.69) is 10.0 Å². The van der Waals surface area contributed by atoms with Gasteiger partial charge in [0.2, 0.25) is 10.0 Å². The zero-order chi connectivity index (χ0) is 20.9. The standard InChI is InChI=1S/C21H19ClN2O4S/c22-17-8-12-19(13-9-17)29(27,28)23-14-20(15-4-2-1-3-5-15)24-18-10-6-16(7-11-18)21(25)26/h1-13,20,23-24H,14H2,(H,25,26). The molecule has 0 heterocycles. The average molecular weight is 431 g/mol. The third kappa shape index (κ3) is 5.57. The van der Waals surface area contributed by atoms with Gasteiger partial charge in [0.05, 0.1) is 16.5 Å². The molecule has 0 saturated heterocycles. The van der Waals surface area contributed by atoms with E-state index in [0.717, 1.165) is 5.56 Å². The number of anilines is 1. The van der Waals surface area contributed by atoms with E-state index in [1.807, 2.05) is 30.3 Å². The van der Waals surface area contributed by atoms with Crippen LogP contribution in [0.15, 0.2) is 83.8 Å². The van der Waals surface area contributed by atoms with Gasteiger partial charge in [-0.1, -0.05) is 41.9 Å². The number of halogens is 1. The highest BCUT2D eigenvalue weighted by Crippen LogP contribution is 2.21. The molecule has 1 atom stereocenters. The van der Waals surface area contributed by atoms with Crippen LogP contribution < -0.4 is 10.0 Å². The molecular formula is C21H19ClN2O4S. The highest BCUT2D eigenvalue weighted by molar-refractivity contribution is 7.89. The Labute approximate surface area is 174 Å². The summed E-state index contributed by atoms with van der Waals surface area (Å²) >= 11 is 5.83. The van der Waals surface area contributed by atoms with Crippen molar-refractivity contribution in [2.24, 2.45) is 0 Å². The third-order valence-corrected chi connectivity index (χ3v) is 5.97. The molecule has 8 heteroatoms. The van der Waals surface area contributed by atoms with Gasteiger partial charge in [0.25, 0.3) is 0 Å². The fraction of sp³-hybridized carbons (Fsp3) is 0.0952. The van der Waals surface area contributed by atoms with Crippen LogP contribution in [0.4, 0.5) is 5.69 Å². The van der Waals surface area contributed by atoms with Crippen LogP contribution in [0, 0.1) is 0 Å². The highest BCUT2D eigenvalue weighted by atomic mass is 35.5. The molecule has 0 saturated carbocycles. The summed E-state index contributed by atoms with van der Waals surface area (Å²) in [5.41, 5.74) is 1.73. The number of aromatic carboxylic acids is 1. The van der Waals surface area contributed by atoms with Crippen molar-refractivity contribution in [2.45, 2.75) is 10.9 Å². The number of carboxylic acid groups (broad SMARTS) is 1. The molecule has 0 aliphatic heterocycles. The molecule has 0 aliphatic carbocycles. The number of sulfonamides is 1. The summed E-state index contributed by atoms with van der Waals surface area (Å²) in [7, 11) is -3.72. The molecule has 1 unspecified atom stereocenters. The van der Waals surface area contributed by atoms with Gasteiger partial charge in [-0.2, -0.15) is 0 Å². The summed E-state index contributed by atoms with van der Waals surface area (Å²) in [5.74, 6) is -1.01. The number of nitrogens with one attached hydrogen (secondary N) is 2. The minimum atomic E-state index is -3.72. The van der Waals surface area contributed by atoms with Crippen molar-refractivity contribution < 1.29 is 18.3 Å². The zero-order valence-corrected chi connectivity index (χ0v) is 16.8. The third-order valence-electron chi connectivity index (χ3n) is 4.28. The number of carboxylic acids is 1. The van der Waals surface area contributed by atoms with Crippen molar-refractivity contribution in [3.63, 3.8) is 0 Å². The van der Waals surface area contributed by atoms with E-state index >= 15 is 0 Å². The lowest BCUT2D eigenvalue weighted by atomic mass is 10.1. The number of hydrogen-bond donors (Lipinski definition) is 3. The first kappa shape index (κ1) is 20.9. The molecule has 0 radical (unpaired) electrons. The predicted octanol–water partition coefficient (Wildman–Crippen LogP) is 4.17. The quantitative estimate of drug-likeness (QED) is 0.498. The van der Waals surface area contributed by atoms with E-state index in [9.17, 15) is 13.2 Å². The second-order valence-corrected chi connectivity index (χ2v) is 8.50. The van der Waals surface area contributed by atoms with Crippen LogP contribution in [0.25, 0.3) is 0 Å². The first-order valence-corrected chi connectivity index (χ1v) is 10.6. The molecule has 0 bridgehead atoms. The van der Waals surface area contributed by atoms with Gasteiger partial charge in [-0.05, 0) is 54.1 Å². The van der Waals surface area contributed by atoms with Gasteiger partial charge in [-0.15, -0.1) is 0 Å². The largest absolute Gasteiger partial charge is 0.478 e. The van der Waals surface area contributed by atoms with E-state index in [1.54, 1.807) is 12.1 Å². The van der Waals surface area contributed by atoms with E-state index in [1.165, 1.54) is 36.4 Å². The van der Waals surface area contributed by atoms with Crippen LogP contribution in [0.5, 0.6) is 0 Å². The van der Waals surface area contributed by atoms with Crippen LogP contribution in [-0.4, -0.2) is 26.0 Å². The molecular weight excluding hydrogens is 412 g/mol. The minimum absolute atomic E-state index is 0.0929. The molecule has 3 aromatic rings. The first-order valence-electron chi connectivity index (χ1n) is 8.75. The fourth-order valence-corrected chi connectivity index (χ4v) is 3.91. The maximum absolute atomic E-state index is 12.6. The van der Waals surface area contributed by atoms with E-state index in [0.29, 0.717) is 10.7 Å². The van der Waals surface area contributed by atoms with Crippen LogP contribution in [0.1, 0.15) is 22.0 Å². The summed E-state index contributed by atoms with van der Waals surface area (Å²) in [4.78, 5) is 11.1. The van der Waals surface area contributed by atoms with Crippen molar-refractivity contribution in [1.29, 1.82) is 0 Å². The van der Waals surface area contributed by atoms with Gasteiger partial charge in [-0.25, -0.2) is 17.9 Å².